The summed E-state index contributed by atoms with van der Waals surface area (Å²) in [6, 6.07) is 4.51. The number of ether oxygens (including phenoxy) is 2. The van der Waals surface area contributed by atoms with Crippen molar-refractivity contribution < 1.29 is 27.6 Å². The number of hydrogen-bond acceptors (Lipinski definition) is 6. The third-order valence-corrected chi connectivity index (χ3v) is 3.30. The first kappa shape index (κ1) is 18.6. The van der Waals surface area contributed by atoms with Crippen LogP contribution in [0.4, 0.5) is 8.78 Å². The number of carbonyl (C=O) groups excluding carboxylic acids is 1. The van der Waals surface area contributed by atoms with Gasteiger partial charge in [0.15, 0.2) is 17.3 Å². The van der Waals surface area contributed by atoms with Gasteiger partial charge in [-0.3, -0.25) is 4.79 Å². The summed E-state index contributed by atoms with van der Waals surface area (Å²) in [6.07, 6.45) is 1.42. The zero-order valence-corrected chi connectivity index (χ0v) is 13.9. The predicted molar refractivity (Wildman–Crippen MR) is 83.4 cm³/mol. The van der Waals surface area contributed by atoms with Gasteiger partial charge in [0, 0.05) is 19.4 Å². The highest BCUT2D eigenvalue weighted by atomic mass is 19.3. The molecule has 1 N–H and O–H groups in total. The van der Waals surface area contributed by atoms with E-state index in [2.05, 4.69) is 20.2 Å². The van der Waals surface area contributed by atoms with E-state index in [9.17, 15) is 13.6 Å². The number of aromatic nitrogens is 2. The quantitative estimate of drug-likeness (QED) is 0.744. The third kappa shape index (κ3) is 6.02. The molecule has 1 aromatic heterocycles. The molecule has 9 heteroatoms. The first-order chi connectivity index (χ1) is 12.0. The van der Waals surface area contributed by atoms with E-state index in [0.717, 1.165) is 0 Å². The molecular weight excluding hydrogens is 336 g/mol. The Kier molecular flexibility index (Phi) is 6.67. The van der Waals surface area contributed by atoms with Gasteiger partial charge in [0.1, 0.15) is 0 Å². The maximum absolute atomic E-state index is 12.3. The summed E-state index contributed by atoms with van der Waals surface area (Å²) >= 11 is 0. The van der Waals surface area contributed by atoms with Crippen LogP contribution in [0.3, 0.4) is 0 Å². The average Bonchev–Trinajstić information content (AvgIpc) is 2.98. The molecule has 0 spiro atoms. The fraction of sp³-hybridized carbons (Fsp3) is 0.438. The van der Waals surface area contributed by atoms with E-state index >= 15 is 0 Å². The number of nitrogens with one attached hydrogen (secondary N) is 1. The van der Waals surface area contributed by atoms with Crippen LogP contribution in [-0.4, -0.2) is 29.8 Å². The number of hydrogen-bond donors (Lipinski definition) is 1. The summed E-state index contributed by atoms with van der Waals surface area (Å²) < 4.78 is 38.9. The SMILES string of the molecule is COc1cc(CNC(=O)CCCc2nc(C)no2)ccc1OC(F)F. The number of benzene rings is 1. The Morgan fingerprint density at radius 2 is 2.16 bits per heavy atom. The van der Waals surface area contributed by atoms with Crippen molar-refractivity contribution in [3.05, 3.63) is 35.5 Å². The smallest absolute Gasteiger partial charge is 0.387 e. The molecule has 0 aliphatic carbocycles. The number of carbonyl (C=O) groups is 1. The molecule has 0 radical (unpaired) electrons. The lowest BCUT2D eigenvalue weighted by molar-refractivity contribution is -0.121. The van der Waals surface area contributed by atoms with Gasteiger partial charge in [0.05, 0.1) is 7.11 Å². The molecule has 2 rings (SSSR count). The Balaban J connectivity index is 1.78. The second kappa shape index (κ2) is 8.95. The van der Waals surface area contributed by atoms with Crippen LogP contribution in [0.25, 0.3) is 0 Å². The van der Waals surface area contributed by atoms with Crippen molar-refractivity contribution >= 4 is 5.91 Å². The van der Waals surface area contributed by atoms with E-state index in [1.54, 1.807) is 19.1 Å². The van der Waals surface area contributed by atoms with Crippen molar-refractivity contribution in [2.75, 3.05) is 7.11 Å². The second-order valence-electron chi connectivity index (χ2n) is 5.23. The van der Waals surface area contributed by atoms with Crippen LogP contribution >= 0.6 is 0 Å². The Labute approximate surface area is 143 Å². The monoisotopic (exact) mass is 355 g/mol. The summed E-state index contributed by atoms with van der Waals surface area (Å²) in [5.74, 6) is 1.06. The topological polar surface area (TPSA) is 86.5 Å². The lowest BCUT2D eigenvalue weighted by atomic mass is 10.2. The summed E-state index contributed by atoms with van der Waals surface area (Å²) in [5, 5.41) is 6.43. The molecule has 0 aliphatic rings. The Hall–Kier alpha value is -2.71. The second-order valence-corrected chi connectivity index (χ2v) is 5.23. The molecule has 0 atom stereocenters. The molecule has 0 saturated carbocycles. The number of rotatable bonds is 9. The maximum atomic E-state index is 12.3. The minimum atomic E-state index is -2.93. The number of methoxy groups -OCH3 is 1. The van der Waals surface area contributed by atoms with Crippen LogP contribution in [0.1, 0.15) is 30.1 Å². The van der Waals surface area contributed by atoms with Gasteiger partial charge in [-0.2, -0.15) is 13.8 Å². The molecule has 136 valence electrons. The third-order valence-electron chi connectivity index (χ3n) is 3.30. The van der Waals surface area contributed by atoms with Crippen LogP contribution in [0.15, 0.2) is 22.7 Å². The van der Waals surface area contributed by atoms with E-state index in [0.29, 0.717) is 36.5 Å². The zero-order valence-electron chi connectivity index (χ0n) is 13.9. The first-order valence-corrected chi connectivity index (χ1v) is 7.65. The molecule has 0 bridgehead atoms. The summed E-state index contributed by atoms with van der Waals surface area (Å²) in [7, 11) is 1.36. The van der Waals surface area contributed by atoms with Gasteiger partial charge < -0.3 is 19.3 Å². The minimum Gasteiger partial charge on any atom is -0.493 e. The fourth-order valence-electron chi connectivity index (χ4n) is 2.15. The minimum absolute atomic E-state index is 0.0533. The molecular formula is C16H19F2N3O4. The molecule has 7 nitrogen and oxygen atoms in total. The van der Waals surface area contributed by atoms with E-state index in [1.165, 1.54) is 13.2 Å². The Bertz CT molecular complexity index is 706. The molecule has 1 amide bonds. The molecule has 0 saturated heterocycles. The van der Waals surface area contributed by atoms with Crippen molar-refractivity contribution in [2.24, 2.45) is 0 Å². The number of alkyl halides is 2. The number of aryl methyl sites for hydroxylation is 2. The van der Waals surface area contributed by atoms with Crippen molar-refractivity contribution in [1.82, 2.24) is 15.5 Å². The van der Waals surface area contributed by atoms with E-state index in [4.69, 9.17) is 9.26 Å². The highest BCUT2D eigenvalue weighted by molar-refractivity contribution is 5.75. The average molecular weight is 355 g/mol. The fourth-order valence-corrected chi connectivity index (χ4v) is 2.15. The van der Waals surface area contributed by atoms with E-state index < -0.39 is 6.61 Å². The first-order valence-electron chi connectivity index (χ1n) is 7.65. The van der Waals surface area contributed by atoms with Crippen LogP contribution in [0.2, 0.25) is 0 Å². The number of nitrogens with zero attached hydrogens (tertiary/aromatic N) is 2. The molecule has 0 fully saturated rings. The zero-order chi connectivity index (χ0) is 18.2. The van der Waals surface area contributed by atoms with Gasteiger partial charge >= 0.3 is 6.61 Å². The van der Waals surface area contributed by atoms with Crippen molar-refractivity contribution in [2.45, 2.75) is 39.3 Å². The standard InChI is InChI=1S/C16H19F2N3O4/c1-10-20-15(25-21-10)5-3-4-14(22)19-9-11-6-7-12(24-16(17)18)13(8-11)23-2/h6-8,16H,3-5,9H2,1-2H3,(H,19,22). The molecule has 1 heterocycles. The van der Waals surface area contributed by atoms with Gasteiger partial charge in [-0.05, 0) is 31.0 Å². The summed E-state index contributed by atoms with van der Waals surface area (Å²) in [4.78, 5) is 15.9. The number of halogens is 2. The molecule has 0 aliphatic heterocycles. The highest BCUT2D eigenvalue weighted by Crippen LogP contribution is 2.29. The van der Waals surface area contributed by atoms with Gasteiger partial charge in [-0.1, -0.05) is 11.2 Å². The van der Waals surface area contributed by atoms with Crippen LogP contribution in [-0.2, 0) is 17.8 Å². The Morgan fingerprint density at radius 3 is 2.80 bits per heavy atom. The van der Waals surface area contributed by atoms with Crippen LogP contribution in [0, 0.1) is 6.92 Å². The highest BCUT2D eigenvalue weighted by Gasteiger charge is 2.11. The van der Waals surface area contributed by atoms with Crippen molar-refractivity contribution in [3.8, 4) is 11.5 Å². The summed E-state index contributed by atoms with van der Waals surface area (Å²) in [5.41, 5.74) is 0.708. The van der Waals surface area contributed by atoms with Crippen molar-refractivity contribution in [1.29, 1.82) is 0 Å². The normalized spacial score (nSPS) is 10.8. The molecule has 25 heavy (non-hydrogen) atoms. The van der Waals surface area contributed by atoms with Gasteiger partial charge in [0.25, 0.3) is 0 Å². The van der Waals surface area contributed by atoms with Crippen LogP contribution in [0.5, 0.6) is 11.5 Å². The summed E-state index contributed by atoms with van der Waals surface area (Å²) in [6.45, 7) is -0.947. The largest absolute Gasteiger partial charge is 0.493 e. The molecule has 2 aromatic rings. The molecule has 1 aromatic carbocycles. The number of amides is 1. The maximum Gasteiger partial charge on any atom is 0.387 e. The van der Waals surface area contributed by atoms with Gasteiger partial charge in [0.2, 0.25) is 11.8 Å². The van der Waals surface area contributed by atoms with Gasteiger partial charge in [-0.25, -0.2) is 0 Å². The Morgan fingerprint density at radius 1 is 1.36 bits per heavy atom. The predicted octanol–water partition coefficient (Wildman–Crippen LogP) is 2.63. The lowest BCUT2D eigenvalue weighted by Crippen LogP contribution is -2.22. The van der Waals surface area contributed by atoms with Gasteiger partial charge in [-0.15, -0.1) is 0 Å². The van der Waals surface area contributed by atoms with E-state index in [-0.39, 0.29) is 24.0 Å². The lowest BCUT2D eigenvalue weighted by Gasteiger charge is -2.12. The van der Waals surface area contributed by atoms with E-state index in [1.807, 2.05) is 0 Å². The van der Waals surface area contributed by atoms with Crippen molar-refractivity contribution in [3.63, 3.8) is 0 Å². The molecule has 0 unspecified atom stereocenters. The van der Waals surface area contributed by atoms with Crippen LogP contribution < -0.4 is 14.8 Å².